The van der Waals surface area contributed by atoms with Crippen molar-refractivity contribution >= 4 is 11.6 Å². The summed E-state index contributed by atoms with van der Waals surface area (Å²) in [4.78, 5) is 4.36. The predicted molar refractivity (Wildman–Crippen MR) is 81.4 cm³/mol. The Labute approximate surface area is 124 Å². The molecule has 1 saturated carbocycles. The number of benzene rings is 1. The highest BCUT2D eigenvalue weighted by atomic mass is 35.5. The lowest BCUT2D eigenvalue weighted by atomic mass is 9.79. The van der Waals surface area contributed by atoms with Crippen LogP contribution in [0.1, 0.15) is 48.0 Å². The molecule has 0 saturated heterocycles. The lowest BCUT2D eigenvalue weighted by molar-refractivity contribution is 0.419. The van der Waals surface area contributed by atoms with Gasteiger partial charge in [-0.2, -0.15) is 0 Å². The van der Waals surface area contributed by atoms with Gasteiger partial charge >= 0.3 is 0 Å². The molecule has 0 spiro atoms. The molecule has 1 aliphatic rings. The van der Waals surface area contributed by atoms with Crippen molar-refractivity contribution in [3.63, 3.8) is 0 Å². The lowest BCUT2D eigenvalue weighted by Crippen LogP contribution is -2.30. The van der Waals surface area contributed by atoms with E-state index in [9.17, 15) is 0 Å². The number of nitrogens with zero attached hydrogens (tertiary/aromatic N) is 1. The Bertz CT molecular complexity index is 596. The lowest BCUT2D eigenvalue weighted by Gasteiger charge is -2.27. The molecule has 3 rings (SSSR count). The molecule has 1 aromatic heterocycles. The second kappa shape index (κ2) is 5.92. The Morgan fingerprint density at radius 1 is 1.25 bits per heavy atom. The molecule has 3 N–H and O–H groups in total. The fourth-order valence-electron chi connectivity index (χ4n) is 2.68. The number of halogens is 1. The number of aromatic nitrogens is 1. The van der Waals surface area contributed by atoms with Crippen molar-refractivity contribution < 1.29 is 0 Å². The van der Waals surface area contributed by atoms with Gasteiger partial charge in [-0.3, -0.25) is 10.8 Å². The number of rotatable bonds is 4. The van der Waals surface area contributed by atoms with Crippen molar-refractivity contribution in [2.45, 2.75) is 31.2 Å². The predicted octanol–water partition coefficient (Wildman–Crippen LogP) is 3.56. The summed E-state index contributed by atoms with van der Waals surface area (Å²) in [6.07, 6.45) is 5.64. The molecule has 1 aliphatic carbocycles. The highest BCUT2D eigenvalue weighted by molar-refractivity contribution is 6.31. The van der Waals surface area contributed by atoms with Crippen molar-refractivity contribution in [1.29, 1.82) is 0 Å². The van der Waals surface area contributed by atoms with E-state index in [1.165, 1.54) is 24.8 Å². The minimum Gasteiger partial charge on any atom is -0.271 e. The average molecular weight is 288 g/mol. The standard InChI is InChI=1S/C16H18ClN3/c17-14-8-3-9-19-16(14)15(20-18)13-7-2-6-12(10-13)11-4-1-5-11/h2-3,6-11,15,20H,1,4-5,18H2. The second-order valence-corrected chi connectivity index (χ2v) is 5.68. The monoisotopic (exact) mass is 287 g/mol. The minimum atomic E-state index is -0.177. The summed E-state index contributed by atoms with van der Waals surface area (Å²) in [5, 5.41) is 0.629. The molecule has 4 heteroatoms. The maximum Gasteiger partial charge on any atom is 0.0896 e. The topological polar surface area (TPSA) is 50.9 Å². The number of nitrogens with two attached hydrogens (primary N) is 1. The molecule has 3 nitrogen and oxygen atoms in total. The van der Waals surface area contributed by atoms with Gasteiger partial charge in [0.2, 0.25) is 0 Å². The van der Waals surface area contributed by atoms with Gasteiger partial charge in [-0.25, -0.2) is 5.43 Å². The zero-order valence-electron chi connectivity index (χ0n) is 11.2. The van der Waals surface area contributed by atoms with Crippen LogP contribution in [0, 0.1) is 0 Å². The van der Waals surface area contributed by atoms with Crippen LogP contribution in [0.5, 0.6) is 0 Å². The largest absolute Gasteiger partial charge is 0.271 e. The molecule has 0 amide bonds. The summed E-state index contributed by atoms with van der Waals surface area (Å²) in [6, 6.07) is 12.1. The average Bonchev–Trinajstić information content (AvgIpc) is 2.40. The van der Waals surface area contributed by atoms with Crippen molar-refractivity contribution in [2.24, 2.45) is 5.84 Å². The van der Waals surface area contributed by atoms with Gasteiger partial charge in [0.25, 0.3) is 0 Å². The zero-order valence-corrected chi connectivity index (χ0v) is 12.0. The highest BCUT2D eigenvalue weighted by Crippen LogP contribution is 2.37. The van der Waals surface area contributed by atoms with E-state index in [0.29, 0.717) is 10.9 Å². The Balaban J connectivity index is 1.95. The summed E-state index contributed by atoms with van der Waals surface area (Å²) in [5.41, 5.74) is 6.10. The summed E-state index contributed by atoms with van der Waals surface area (Å²) >= 11 is 6.23. The maximum absolute atomic E-state index is 6.23. The van der Waals surface area contributed by atoms with Gasteiger partial charge in [-0.05, 0) is 42.0 Å². The number of pyridine rings is 1. The van der Waals surface area contributed by atoms with Crippen molar-refractivity contribution in [3.8, 4) is 0 Å². The van der Waals surface area contributed by atoms with Gasteiger partial charge in [0, 0.05) is 6.20 Å². The SMILES string of the molecule is NNC(c1cccc(C2CCC2)c1)c1ncccc1Cl. The molecule has 20 heavy (non-hydrogen) atoms. The third-order valence-electron chi connectivity index (χ3n) is 4.05. The second-order valence-electron chi connectivity index (χ2n) is 5.27. The van der Waals surface area contributed by atoms with Gasteiger partial charge in [0.1, 0.15) is 0 Å². The van der Waals surface area contributed by atoms with Crippen LogP contribution in [0.4, 0.5) is 0 Å². The first-order chi connectivity index (χ1) is 9.79. The van der Waals surface area contributed by atoms with E-state index in [4.69, 9.17) is 17.4 Å². The number of hydrogen-bond donors (Lipinski definition) is 2. The summed E-state index contributed by atoms with van der Waals surface area (Å²) < 4.78 is 0. The zero-order chi connectivity index (χ0) is 13.9. The molecule has 1 atom stereocenters. The van der Waals surface area contributed by atoms with Crippen molar-refractivity contribution in [2.75, 3.05) is 0 Å². The van der Waals surface area contributed by atoms with E-state index in [1.807, 2.05) is 12.1 Å². The quantitative estimate of drug-likeness (QED) is 0.668. The maximum atomic E-state index is 6.23. The van der Waals surface area contributed by atoms with Crippen molar-refractivity contribution in [3.05, 3.63) is 64.4 Å². The Hall–Kier alpha value is -1.42. The molecule has 104 valence electrons. The molecule has 0 aliphatic heterocycles. The Kier molecular flexibility index (Phi) is 4.01. The van der Waals surface area contributed by atoms with Crippen LogP contribution in [-0.4, -0.2) is 4.98 Å². The van der Waals surface area contributed by atoms with Gasteiger partial charge in [0.15, 0.2) is 0 Å². The summed E-state index contributed by atoms with van der Waals surface area (Å²) in [7, 11) is 0. The van der Waals surface area contributed by atoms with Crippen LogP contribution in [-0.2, 0) is 0 Å². The molecular weight excluding hydrogens is 270 g/mol. The molecule has 2 aromatic rings. The molecule has 1 fully saturated rings. The van der Waals surface area contributed by atoms with E-state index in [0.717, 1.165) is 11.3 Å². The van der Waals surface area contributed by atoms with E-state index < -0.39 is 0 Å². The first-order valence-corrected chi connectivity index (χ1v) is 7.34. The van der Waals surface area contributed by atoms with Crippen LogP contribution in [0.25, 0.3) is 0 Å². The highest BCUT2D eigenvalue weighted by Gasteiger charge is 2.22. The minimum absolute atomic E-state index is 0.177. The molecule has 1 aromatic carbocycles. The van der Waals surface area contributed by atoms with Crippen LogP contribution < -0.4 is 11.3 Å². The Morgan fingerprint density at radius 2 is 2.10 bits per heavy atom. The van der Waals surface area contributed by atoms with E-state index in [-0.39, 0.29) is 6.04 Å². The Morgan fingerprint density at radius 3 is 2.75 bits per heavy atom. The molecule has 1 unspecified atom stereocenters. The fraction of sp³-hybridized carbons (Fsp3) is 0.312. The first-order valence-electron chi connectivity index (χ1n) is 6.96. The van der Waals surface area contributed by atoms with E-state index in [1.54, 1.807) is 6.20 Å². The number of hydrogen-bond acceptors (Lipinski definition) is 3. The van der Waals surface area contributed by atoms with Gasteiger partial charge in [-0.1, -0.05) is 42.3 Å². The van der Waals surface area contributed by atoms with E-state index >= 15 is 0 Å². The summed E-state index contributed by atoms with van der Waals surface area (Å²) in [5.74, 6) is 6.43. The third-order valence-corrected chi connectivity index (χ3v) is 4.37. The van der Waals surface area contributed by atoms with Crippen molar-refractivity contribution in [1.82, 2.24) is 10.4 Å². The van der Waals surface area contributed by atoms with Crippen LogP contribution in [0.15, 0.2) is 42.6 Å². The first kappa shape index (κ1) is 13.6. The third kappa shape index (κ3) is 2.57. The molecule has 0 bridgehead atoms. The normalized spacial score (nSPS) is 16.7. The van der Waals surface area contributed by atoms with Crippen LogP contribution >= 0.6 is 11.6 Å². The number of nitrogens with one attached hydrogen (secondary N) is 1. The molecule has 1 heterocycles. The van der Waals surface area contributed by atoms with Gasteiger partial charge in [-0.15, -0.1) is 0 Å². The smallest absolute Gasteiger partial charge is 0.0896 e. The molecule has 0 radical (unpaired) electrons. The fourth-order valence-corrected chi connectivity index (χ4v) is 2.91. The van der Waals surface area contributed by atoms with Gasteiger partial charge < -0.3 is 0 Å². The molecular formula is C16H18ClN3. The van der Waals surface area contributed by atoms with Gasteiger partial charge in [0.05, 0.1) is 16.8 Å². The van der Waals surface area contributed by atoms with Crippen LogP contribution in [0.3, 0.4) is 0 Å². The summed E-state index contributed by atoms with van der Waals surface area (Å²) in [6.45, 7) is 0. The van der Waals surface area contributed by atoms with Crippen LogP contribution in [0.2, 0.25) is 5.02 Å². The number of hydrazine groups is 1. The van der Waals surface area contributed by atoms with E-state index in [2.05, 4.69) is 34.7 Å².